The van der Waals surface area contributed by atoms with E-state index < -0.39 is 0 Å². The van der Waals surface area contributed by atoms with Gasteiger partial charge >= 0.3 is 0 Å². The lowest BCUT2D eigenvalue weighted by molar-refractivity contribution is 0.0999. The minimum Gasteiger partial charge on any atom is -0.366 e. The molecule has 1 aromatic heterocycles. The highest BCUT2D eigenvalue weighted by atomic mass is 16.1. The Labute approximate surface area is 65.8 Å². The minimum atomic E-state index is -0.355. The second kappa shape index (κ2) is 2.42. The van der Waals surface area contributed by atoms with Crippen LogP contribution in [0, 0.1) is 13.8 Å². The third kappa shape index (κ3) is 1.13. The monoisotopic (exact) mass is 152 g/mol. The number of carbonyl (C=O) groups excluding carboxylic acids is 1. The molecule has 0 atom stereocenters. The Kier molecular flexibility index (Phi) is 1.72. The number of hydrogen-bond donors (Lipinski definition) is 1. The molecule has 0 aliphatic carbocycles. The summed E-state index contributed by atoms with van der Waals surface area (Å²) in [5, 5.41) is 0. The van der Waals surface area contributed by atoms with Crippen LogP contribution in [0.15, 0.2) is 6.07 Å². The SMILES string of the molecule is Cc1cc(C(N)=O)c(C)n1C. The molecular formula is C8H12N2O. The van der Waals surface area contributed by atoms with Gasteiger partial charge in [-0.15, -0.1) is 0 Å². The molecule has 60 valence electrons. The highest BCUT2D eigenvalue weighted by Crippen LogP contribution is 2.11. The molecule has 1 aromatic rings. The first-order valence-corrected chi connectivity index (χ1v) is 3.46. The number of nitrogens with zero attached hydrogens (tertiary/aromatic N) is 1. The number of aromatic nitrogens is 1. The average Bonchev–Trinajstić information content (AvgIpc) is 2.17. The summed E-state index contributed by atoms with van der Waals surface area (Å²) < 4.78 is 1.94. The molecule has 0 unspecified atom stereocenters. The molecule has 2 N–H and O–H groups in total. The fourth-order valence-electron chi connectivity index (χ4n) is 1.10. The molecule has 11 heavy (non-hydrogen) atoms. The first-order chi connectivity index (χ1) is 5.04. The smallest absolute Gasteiger partial charge is 0.250 e. The van der Waals surface area contributed by atoms with Crippen LogP contribution < -0.4 is 5.73 Å². The number of nitrogens with two attached hydrogens (primary N) is 1. The zero-order valence-electron chi connectivity index (χ0n) is 7.01. The lowest BCUT2D eigenvalue weighted by Gasteiger charge is -1.98. The van der Waals surface area contributed by atoms with E-state index in [0.29, 0.717) is 5.56 Å². The van der Waals surface area contributed by atoms with Crippen molar-refractivity contribution in [3.63, 3.8) is 0 Å². The number of primary amides is 1. The van der Waals surface area contributed by atoms with Gasteiger partial charge in [0.1, 0.15) is 0 Å². The Hall–Kier alpha value is -1.25. The van der Waals surface area contributed by atoms with Gasteiger partial charge in [-0.25, -0.2) is 0 Å². The van der Waals surface area contributed by atoms with Crippen molar-refractivity contribution in [2.24, 2.45) is 12.8 Å². The molecule has 0 bridgehead atoms. The van der Waals surface area contributed by atoms with E-state index in [1.807, 2.05) is 25.5 Å². The number of carbonyl (C=O) groups is 1. The van der Waals surface area contributed by atoms with Crippen LogP contribution in [0.4, 0.5) is 0 Å². The largest absolute Gasteiger partial charge is 0.366 e. The van der Waals surface area contributed by atoms with Crippen LogP contribution in [-0.2, 0) is 7.05 Å². The molecule has 1 rings (SSSR count). The van der Waals surface area contributed by atoms with Crippen molar-refractivity contribution >= 4 is 5.91 Å². The Morgan fingerprint density at radius 1 is 1.55 bits per heavy atom. The molecule has 3 heteroatoms. The van der Waals surface area contributed by atoms with Gasteiger partial charge in [-0.3, -0.25) is 4.79 Å². The van der Waals surface area contributed by atoms with E-state index in [0.717, 1.165) is 11.4 Å². The van der Waals surface area contributed by atoms with Crippen LogP contribution in [0.5, 0.6) is 0 Å². The molecule has 1 heterocycles. The van der Waals surface area contributed by atoms with Crippen molar-refractivity contribution in [2.45, 2.75) is 13.8 Å². The maximum atomic E-state index is 10.8. The molecule has 0 aromatic carbocycles. The molecule has 0 aliphatic rings. The molecule has 1 amide bonds. The van der Waals surface area contributed by atoms with Crippen molar-refractivity contribution in [1.29, 1.82) is 0 Å². The van der Waals surface area contributed by atoms with Gasteiger partial charge in [0.15, 0.2) is 0 Å². The summed E-state index contributed by atoms with van der Waals surface area (Å²) in [5.41, 5.74) is 7.74. The fraction of sp³-hybridized carbons (Fsp3) is 0.375. The molecule has 0 aliphatic heterocycles. The van der Waals surface area contributed by atoms with E-state index in [-0.39, 0.29) is 5.91 Å². The van der Waals surface area contributed by atoms with Gasteiger partial charge in [-0.05, 0) is 19.9 Å². The van der Waals surface area contributed by atoms with Crippen molar-refractivity contribution in [2.75, 3.05) is 0 Å². The maximum Gasteiger partial charge on any atom is 0.250 e. The lowest BCUT2D eigenvalue weighted by atomic mass is 10.2. The predicted octanol–water partition coefficient (Wildman–Crippen LogP) is 0.741. The van der Waals surface area contributed by atoms with Crippen LogP contribution in [0.3, 0.4) is 0 Å². The Morgan fingerprint density at radius 2 is 2.09 bits per heavy atom. The maximum absolute atomic E-state index is 10.8. The number of rotatable bonds is 1. The highest BCUT2D eigenvalue weighted by Gasteiger charge is 2.09. The quantitative estimate of drug-likeness (QED) is 0.634. The van der Waals surface area contributed by atoms with Gasteiger partial charge in [-0.2, -0.15) is 0 Å². The average molecular weight is 152 g/mol. The van der Waals surface area contributed by atoms with E-state index in [4.69, 9.17) is 5.73 Å². The Bertz CT molecular complexity index is 299. The molecule has 0 spiro atoms. The van der Waals surface area contributed by atoms with Crippen molar-refractivity contribution in [3.05, 3.63) is 23.0 Å². The third-order valence-corrected chi connectivity index (χ3v) is 2.04. The number of amides is 1. The van der Waals surface area contributed by atoms with Crippen LogP contribution in [0.25, 0.3) is 0 Å². The molecule has 0 saturated heterocycles. The van der Waals surface area contributed by atoms with Crippen LogP contribution in [0.1, 0.15) is 21.7 Å². The summed E-state index contributed by atoms with van der Waals surface area (Å²) in [7, 11) is 1.91. The second-order valence-corrected chi connectivity index (χ2v) is 2.71. The van der Waals surface area contributed by atoms with Gasteiger partial charge in [0.25, 0.3) is 5.91 Å². The first-order valence-electron chi connectivity index (χ1n) is 3.46. The first kappa shape index (κ1) is 7.85. The normalized spacial score (nSPS) is 10.1. The molecule has 0 radical (unpaired) electrons. The van der Waals surface area contributed by atoms with Crippen molar-refractivity contribution < 1.29 is 4.79 Å². The topological polar surface area (TPSA) is 48.0 Å². The van der Waals surface area contributed by atoms with Crippen molar-refractivity contribution in [3.8, 4) is 0 Å². The number of aryl methyl sites for hydroxylation is 1. The zero-order valence-corrected chi connectivity index (χ0v) is 7.01. The molecule has 3 nitrogen and oxygen atoms in total. The van der Waals surface area contributed by atoms with E-state index in [2.05, 4.69) is 0 Å². The van der Waals surface area contributed by atoms with Crippen molar-refractivity contribution in [1.82, 2.24) is 4.57 Å². The van der Waals surface area contributed by atoms with Crippen LogP contribution >= 0.6 is 0 Å². The Balaban J connectivity index is 3.29. The standard InChI is InChI=1S/C8H12N2O/c1-5-4-7(8(9)11)6(2)10(5)3/h4H,1-3H3,(H2,9,11). The molecule has 0 fully saturated rings. The molecular weight excluding hydrogens is 140 g/mol. The van der Waals surface area contributed by atoms with Gasteiger partial charge in [0.05, 0.1) is 5.56 Å². The van der Waals surface area contributed by atoms with E-state index in [9.17, 15) is 4.79 Å². The Morgan fingerprint density at radius 3 is 2.27 bits per heavy atom. The second-order valence-electron chi connectivity index (χ2n) is 2.71. The highest BCUT2D eigenvalue weighted by molar-refractivity contribution is 5.94. The predicted molar refractivity (Wildman–Crippen MR) is 43.4 cm³/mol. The van der Waals surface area contributed by atoms with Gasteiger partial charge in [0, 0.05) is 18.4 Å². The summed E-state index contributed by atoms with van der Waals surface area (Å²) in [6.07, 6.45) is 0. The third-order valence-electron chi connectivity index (χ3n) is 2.04. The summed E-state index contributed by atoms with van der Waals surface area (Å²) in [6, 6.07) is 1.80. The van der Waals surface area contributed by atoms with E-state index in [1.54, 1.807) is 6.07 Å². The van der Waals surface area contributed by atoms with E-state index in [1.165, 1.54) is 0 Å². The number of hydrogen-bond acceptors (Lipinski definition) is 1. The van der Waals surface area contributed by atoms with E-state index >= 15 is 0 Å². The summed E-state index contributed by atoms with van der Waals surface area (Å²) in [4.78, 5) is 10.8. The fourth-order valence-corrected chi connectivity index (χ4v) is 1.10. The van der Waals surface area contributed by atoms with Crippen LogP contribution in [-0.4, -0.2) is 10.5 Å². The summed E-state index contributed by atoms with van der Waals surface area (Å²) in [5.74, 6) is -0.355. The minimum absolute atomic E-state index is 0.355. The van der Waals surface area contributed by atoms with Crippen LogP contribution in [0.2, 0.25) is 0 Å². The van der Waals surface area contributed by atoms with Gasteiger partial charge < -0.3 is 10.3 Å². The van der Waals surface area contributed by atoms with Gasteiger partial charge in [0.2, 0.25) is 0 Å². The zero-order chi connectivity index (χ0) is 8.59. The molecule has 0 saturated carbocycles. The van der Waals surface area contributed by atoms with Gasteiger partial charge in [-0.1, -0.05) is 0 Å². The summed E-state index contributed by atoms with van der Waals surface area (Å²) >= 11 is 0. The summed E-state index contributed by atoms with van der Waals surface area (Å²) in [6.45, 7) is 3.83. The lowest BCUT2D eigenvalue weighted by Crippen LogP contribution is -2.11.